The molecular formula is C10H15N3O3. The molecular weight excluding hydrogens is 210 g/mol. The zero-order valence-corrected chi connectivity index (χ0v) is 8.94. The molecule has 0 spiro atoms. The van der Waals surface area contributed by atoms with Crippen molar-refractivity contribution in [1.29, 1.82) is 0 Å². The van der Waals surface area contributed by atoms with Gasteiger partial charge in [0.05, 0.1) is 12.9 Å². The molecule has 0 aliphatic carbocycles. The van der Waals surface area contributed by atoms with Crippen molar-refractivity contribution in [1.82, 2.24) is 15.3 Å². The van der Waals surface area contributed by atoms with Gasteiger partial charge in [-0.05, 0) is 6.42 Å². The van der Waals surface area contributed by atoms with Crippen LogP contribution in [0.15, 0.2) is 12.5 Å². The van der Waals surface area contributed by atoms with Crippen molar-refractivity contribution in [3.63, 3.8) is 0 Å². The molecule has 1 aromatic rings. The molecule has 1 rings (SSSR count). The van der Waals surface area contributed by atoms with Crippen molar-refractivity contribution in [2.75, 3.05) is 13.2 Å². The van der Waals surface area contributed by atoms with Crippen LogP contribution in [0.25, 0.3) is 0 Å². The summed E-state index contributed by atoms with van der Waals surface area (Å²) in [6, 6.07) is 0. The van der Waals surface area contributed by atoms with E-state index in [1.54, 1.807) is 12.5 Å². The summed E-state index contributed by atoms with van der Waals surface area (Å²) in [7, 11) is 0. The standard InChI is InChI=1S/C10H15N3O3/c14-8-16-5-1-2-10(15)12-4-3-9-6-11-7-13-9/h6-8H,1-5H2,(H,11,13)(H,12,15). The quantitative estimate of drug-likeness (QED) is 0.482. The average Bonchev–Trinajstić information content (AvgIpc) is 2.77. The summed E-state index contributed by atoms with van der Waals surface area (Å²) >= 11 is 0. The number of H-pyrrole nitrogens is 1. The van der Waals surface area contributed by atoms with E-state index in [0.717, 1.165) is 12.1 Å². The van der Waals surface area contributed by atoms with Crippen molar-refractivity contribution in [2.24, 2.45) is 0 Å². The molecule has 88 valence electrons. The van der Waals surface area contributed by atoms with E-state index < -0.39 is 0 Å². The Balaban J connectivity index is 2.00. The first-order valence-electron chi connectivity index (χ1n) is 5.12. The van der Waals surface area contributed by atoms with Crippen molar-refractivity contribution in [2.45, 2.75) is 19.3 Å². The lowest BCUT2D eigenvalue weighted by atomic mass is 10.3. The topological polar surface area (TPSA) is 84.1 Å². The summed E-state index contributed by atoms with van der Waals surface area (Å²) in [6.07, 6.45) is 4.99. The second-order valence-corrected chi connectivity index (χ2v) is 3.25. The Labute approximate surface area is 93.4 Å². The summed E-state index contributed by atoms with van der Waals surface area (Å²) < 4.78 is 4.47. The second-order valence-electron chi connectivity index (χ2n) is 3.25. The molecule has 0 atom stereocenters. The molecule has 0 aliphatic rings. The van der Waals surface area contributed by atoms with E-state index in [-0.39, 0.29) is 12.5 Å². The number of nitrogens with one attached hydrogen (secondary N) is 2. The lowest BCUT2D eigenvalue weighted by Gasteiger charge is -2.03. The molecule has 0 saturated heterocycles. The van der Waals surface area contributed by atoms with Gasteiger partial charge in [0.25, 0.3) is 6.47 Å². The van der Waals surface area contributed by atoms with Crippen LogP contribution in [0, 0.1) is 0 Å². The van der Waals surface area contributed by atoms with Crippen LogP contribution in [0.4, 0.5) is 0 Å². The fraction of sp³-hybridized carbons (Fsp3) is 0.500. The highest BCUT2D eigenvalue weighted by molar-refractivity contribution is 5.75. The summed E-state index contributed by atoms with van der Waals surface area (Å²) in [4.78, 5) is 27.9. The van der Waals surface area contributed by atoms with Crippen molar-refractivity contribution < 1.29 is 14.3 Å². The van der Waals surface area contributed by atoms with Crippen molar-refractivity contribution in [3.05, 3.63) is 18.2 Å². The largest absolute Gasteiger partial charge is 0.468 e. The fourth-order valence-electron chi connectivity index (χ4n) is 1.21. The molecule has 1 heterocycles. The SMILES string of the molecule is O=COCCCC(=O)NCCc1cnc[nH]1. The number of nitrogens with zero attached hydrogens (tertiary/aromatic N) is 1. The van der Waals surface area contributed by atoms with Crippen LogP contribution in [-0.4, -0.2) is 35.5 Å². The molecule has 0 unspecified atom stereocenters. The maximum Gasteiger partial charge on any atom is 0.293 e. The van der Waals surface area contributed by atoms with Gasteiger partial charge in [0.15, 0.2) is 0 Å². The predicted octanol–water partition coefficient (Wildman–Crippen LogP) is 0.0216. The number of aromatic amines is 1. The molecule has 0 aliphatic heterocycles. The first kappa shape index (κ1) is 12.2. The first-order chi connectivity index (χ1) is 7.83. The van der Waals surface area contributed by atoms with Crippen LogP contribution < -0.4 is 5.32 Å². The molecule has 0 bridgehead atoms. The van der Waals surface area contributed by atoms with Gasteiger partial charge in [-0.25, -0.2) is 4.98 Å². The lowest BCUT2D eigenvalue weighted by Crippen LogP contribution is -2.25. The second kappa shape index (κ2) is 7.44. The predicted molar refractivity (Wildman–Crippen MR) is 56.6 cm³/mol. The van der Waals surface area contributed by atoms with E-state index >= 15 is 0 Å². The number of imidazole rings is 1. The number of hydrogen-bond donors (Lipinski definition) is 2. The van der Waals surface area contributed by atoms with Crippen LogP contribution in [0.2, 0.25) is 0 Å². The molecule has 1 amide bonds. The molecule has 2 N–H and O–H groups in total. The lowest BCUT2D eigenvalue weighted by molar-refractivity contribution is -0.130. The van der Waals surface area contributed by atoms with Crippen LogP contribution in [-0.2, 0) is 20.7 Å². The minimum atomic E-state index is -0.0333. The molecule has 6 nitrogen and oxygen atoms in total. The maximum atomic E-state index is 11.3. The smallest absolute Gasteiger partial charge is 0.293 e. The minimum absolute atomic E-state index is 0.0333. The number of carbonyl (C=O) groups excluding carboxylic acids is 2. The Morgan fingerprint density at radius 1 is 1.62 bits per heavy atom. The third kappa shape index (κ3) is 5.14. The number of rotatable bonds is 8. The Morgan fingerprint density at radius 3 is 3.19 bits per heavy atom. The van der Waals surface area contributed by atoms with Crippen LogP contribution in [0.1, 0.15) is 18.5 Å². The molecule has 6 heteroatoms. The molecule has 0 fully saturated rings. The van der Waals surface area contributed by atoms with E-state index in [0.29, 0.717) is 25.9 Å². The molecule has 0 saturated carbocycles. The summed E-state index contributed by atoms with van der Waals surface area (Å²) in [5, 5.41) is 2.77. The highest BCUT2D eigenvalue weighted by atomic mass is 16.5. The van der Waals surface area contributed by atoms with Gasteiger partial charge in [0, 0.05) is 31.3 Å². The molecule has 1 aromatic heterocycles. The average molecular weight is 225 g/mol. The highest BCUT2D eigenvalue weighted by Crippen LogP contribution is 1.92. The van der Waals surface area contributed by atoms with Gasteiger partial charge >= 0.3 is 0 Å². The van der Waals surface area contributed by atoms with E-state index in [1.807, 2.05) is 0 Å². The van der Waals surface area contributed by atoms with Gasteiger partial charge in [-0.1, -0.05) is 0 Å². The van der Waals surface area contributed by atoms with Gasteiger partial charge in [-0.2, -0.15) is 0 Å². The van der Waals surface area contributed by atoms with Crippen LogP contribution >= 0.6 is 0 Å². The summed E-state index contributed by atoms with van der Waals surface area (Å²) in [6.45, 7) is 1.25. The third-order valence-electron chi connectivity index (χ3n) is 2.01. The first-order valence-corrected chi connectivity index (χ1v) is 5.12. The molecule has 16 heavy (non-hydrogen) atoms. The van der Waals surface area contributed by atoms with Gasteiger partial charge in [0.2, 0.25) is 5.91 Å². The Morgan fingerprint density at radius 2 is 2.50 bits per heavy atom. The maximum absolute atomic E-state index is 11.3. The van der Waals surface area contributed by atoms with Crippen LogP contribution in [0.3, 0.4) is 0 Å². The van der Waals surface area contributed by atoms with E-state index in [2.05, 4.69) is 20.0 Å². The Hall–Kier alpha value is -1.85. The van der Waals surface area contributed by atoms with Gasteiger partial charge in [-0.15, -0.1) is 0 Å². The number of amides is 1. The van der Waals surface area contributed by atoms with E-state index in [1.165, 1.54) is 0 Å². The minimum Gasteiger partial charge on any atom is -0.468 e. The number of hydrogen-bond acceptors (Lipinski definition) is 4. The monoisotopic (exact) mass is 225 g/mol. The van der Waals surface area contributed by atoms with Gasteiger partial charge in [0.1, 0.15) is 0 Å². The Kier molecular flexibility index (Phi) is 5.68. The zero-order valence-electron chi connectivity index (χ0n) is 8.94. The zero-order chi connectivity index (χ0) is 11.6. The normalized spacial score (nSPS) is 9.75. The summed E-state index contributed by atoms with van der Waals surface area (Å²) in [5.74, 6) is -0.0333. The van der Waals surface area contributed by atoms with Gasteiger partial charge < -0.3 is 15.0 Å². The third-order valence-corrected chi connectivity index (χ3v) is 2.01. The van der Waals surface area contributed by atoms with Gasteiger partial charge in [-0.3, -0.25) is 9.59 Å². The number of carbonyl (C=O) groups is 2. The number of ether oxygens (including phenoxy) is 1. The fourth-order valence-corrected chi connectivity index (χ4v) is 1.21. The molecule has 0 radical (unpaired) electrons. The summed E-state index contributed by atoms with van der Waals surface area (Å²) in [5.41, 5.74) is 0.990. The van der Waals surface area contributed by atoms with Crippen LogP contribution in [0.5, 0.6) is 0 Å². The van der Waals surface area contributed by atoms with Crippen molar-refractivity contribution in [3.8, 4) is 0 Å². The molecule has 0 aromatic carbocycles. The van der Waals surface area contributed by atoms with E-state index in [9.17, 15) is 9.59 Å². The van der Waals surface area contributed by atoms with E-state index in [4.69, 9.17) is 0 Å². The Bertz CT molecular complexity index is 311. The highest BCUT2D eigenvalue weighted by Gasteiger charge is 2.01. The number of aromatic nitrogens is 2. The van der Waals surface area contributed by atoms with Crippen molar-refractivity contribution >= 4 is 12.4 Å².